The summed E-state index contributed by atoms with van der Waals surface area (Å²) >= 11 is 5.89. The molecule has 2 fully saturated rings. The van der Waals surface area contributed by atoms with E-state index < -0.39 is 6.10 Å². The number of rotatable bonds is 3. The number of aromatic nitrogens is 1. The highest BCUT2D eigenvalue weighted by Crippen LogP contribution is 2.36. The number of β-amino-alcohol motifs (C(OH)–C–C–N with tert-alkyl or cyclic N) is 1. The first-order chi connectivity index (χ1) is 14.0. The molecule has 1 amide bonds. The van der Waals surface area contributed by atoms with Gasteiger partial charge in [-0.25, -0.2) is 0 Å². The molecule has 3 aliphatic rings. The Hall–Kier alpha value is -2.09. The Kier molecular flexibility index (Phi) is 4.76. The molecule has 8 heteroatoms. The van der Waals surface area contributed by atoms with Crippen molar-refractivity contribution in [3.05, 3.63) is 56.9 Å². The van der Waals surface area contributed by atoms with Gasteiger partial charge in [-0.05, 0) is 54.6 Å². The van der Waals surface area contributed by atoms with Crippen LogP contribution in [-0.2, 0) is 13.1 Å². The fourth-order valence-corrected chi connectivity index (χ4v) is 5.25. The van der Waals surface area contributed by atoms with Gasteiger partial charge >= 0.3 is 0 Å². The molecule has 2 aromatic rings. The van der Waals surface area contributed by atoms with E-state index in [1.54, 1.807) is 21.6 Å². The zero-order valence-electron chi connectivity index (χ0n) is 16.1. The summed E-state index contributed by atoms with van der Waals surface area (Å²) in [6, 6.07) is 7.27. The van der Waals surface area contributed by atoms with E-state index in [0.717, 1.165) is 31.0 Å². The summed E-state index contributed by atoms with van der Waals surface area (Å²) in [5.41, 5.74) is 1.02. The van der Waals surface area contributed by atoms with Crippen molar-refractivity contribution in [2.24, 2.45) is 5.92 Å². The standard InChI is InChI=1S/C21H24ClN3O4/c22-19-4-1-16(29-19)12-23-8-13-7-14(10-23)18-3-2-17(21(28)25(18)9-13)20(27)24-6-5-15(26)11-24/h1-4,13-15,26H,5-12H2/t13-,14+,15-/m0/s1. The number of pyridine rings is 1. The van der Waals surface area contributed by atoms with Crippen molar-refractivity contribution in [1.29, 1.82) is 0 Å². The molecule has 2 saturated heterocycles. The second-order valence-corrected chi connectivity index (χ2v) is 8.85. The van der Waals surface area contributed by atoms with E-state index in [1.165, 1.54) is 0 Å². The van der Waals surface area contributed by atoms with Crippen LogP contribution in [0.1, 0.15) is 40.6 Å². The van der Waals surface area contributed by atoms with Crippen LogP contribution in [0, 0.1) is 5.92 Å². The number of hydrogen-bond acceptors (Lipinski definition) is 5. The van der Waals surface area contributed by atoms with Crippen molar-refractivity contribution in [2.45, 2.75) is 38.0 Å². The molecule has 0 unspecified atom stereocenters. The van der Waals surface area contributed by atoms with Crippen molar-refractivity contribution in [1.82, 2.24) is 14.4 Å². The lowest BCUT2D eigenvalue weighted by molar-refractivity contribution is 0.0759. The van der Waals surface area contributed by atoms with Crippen molar-refractivity contribution in [2.75, 3.05) is 26.2 Å². The number of furan rings is 1. The number of carbonyl (C=O) groups is 1. The Morgan fingerprint density at radius 3 is 2.76 bits per heavy atom. The molecule has 0 spiro atoms. The number of halogens is 1. The number of nitrogens with zero attached hydrogens (tertiary/aromatic N) is 3. The minimum Gasteiger partial charge on any atom is -0.448 e. The molecule has 0 aliphatic carbocycles. The number of fused-ring (bicyclic) bond motifs is 4. The van der Waals surface area contributed by atoms with Crippen LogP contribution < -0.4 is 5.56 Å². The zero-order chi connectivity index (χ0) is 20.1. The average Bonchev–Trinajstić information content (AvgIpc) is 3.30. The van der Waals surface area contributed by atoms with Crippen LogP contribution in [0.15, 0.2) is 33.5 Å². The Morgan fingerprint density at radius 2 is 2.03 bits per heavy atom. The predicted octanol–water partition coefficient (Wildman–Crippen LogP) is 1.92. The molecule has 0 radical (unpaired) electrons. The van der Waals surface area contributed by atoms with Crippen LogP contribution in [-0.4, -0.2) is 57.7 Å². The SMILES string of the molecule is O=C(c1ccc2n(c1=O)C[C@H]1C[C@@H]2CN(Cc2ccc(Cl)o2)C1)N1CC[C@H](O)C1. The molecule has 3 aliphatic heterocycles. The summed E-state index contributed by atoms with van der Waals surface area (Å²) in [7, 11) is 0. The molecular weight excluding hydrogens is 394 g/mol. The van der Waals surface area contributed by atoms with Gasteiger partial charge in [-0.15, -0.1) is 0 Å². The van der Waals surface area contributed by atoms with Gasteiger partial charge in [0.2, 0.25) is 0 Å². The fourth-order valence-electron chi connectivity index (χ4n) is 5.09. The highest BCUT2D eigenvalue weighted by Gasteiger charge is 2.36. The van der Waals surface area contributed by atoms with Crippen molar-refractivity contribution in [3.63, 3.8) is 0 Å². The monoisotopic (exact) mass is 417 g/mol. The number of amides is 1. The number of carbonyl (C=O) groups excluding carboxylic acids is 1. The van der Waals surface area contributed by atoms with Gasteiger partial charge in [0.25, 0.3) is 11.5 Å². The van der Waals surface area contributed by atoms with Crippen LogP contribution in [0.4, 0.5) is 0 Å². The Bertz CT molecular complexity index is 1000. The Morgan fingerprint density at radius 1 is 1.17 bits per heavy atom. The lowest BCUT2D eigenvalue weighted by Gasteiger charge is -2.42. The van der Waals surface area contributed by atoms with Crippen molar-refractivity contribution < 1.29 is 14.3 Å². The van der Waals surface area contributed by atoms with E-state index >= 15 is 0 Å². The molecule has 1 N–H and O–H groups in total. The van der Waals surface area contributed by atoms with Gasteiger partial charge in [-0.1, -0.05) is 0 Å². The number of piperidine rings is 1. The van der Waals surface area contributed by atoms with E-state index in [1.807, 2.05) is 12.1 Å². The van der Waals surface area contributed by atoms with Gasteiger partial charge in [-0.2, -0.15) is 0 Å². The predicted molar refractivity (Wildman–Crippen MR) is 107 cm³/mol. The van der Waals surface area contributed by atoms with E-state index in [0.29, 0.717) is 43.7 Å². The molecule has 5 heterocycles. The van der Waals surface area contributed by atoms with Gasteiger partial charge in [0, 0.05) is 44.3 Å². The van der Waals surface area contributed by atoms with Gasteiger partial charge in [0.1, 0.15) is 11.3 Å². The Balaban J connectivity index is 1.38. The fraction of sp³-hybridized carbons (Fsp3) is 0.524. The summed E-state index contributed by atoms with van der Waals surface area (Å²) < 4.78 is 7.31. The summed E-state index contributed by atoms with van der Waals surface area (Å²) in [4.78, 5) is 29.8. The third kappa shape index (κ3) is 3.52. The maximum Gasteiger partial charge on any atom is 0.263 e. The lowest BCUT2D eigenvalue weighted by Crippen LogP contribution is -2.47. The average molecular weight is 418 g/mol. The van der Waals surface area contributed by atoms with Crippen LogP contribution in [0.5, 0.6) is 0 Å². The second-order valence-electron chi connectivity index (χ2n) is 8.48. The second kappa shape index (κ2) is 7.31. The first-order valence-corrected chi connectivity index (χ1v) is 10.5. The topological polar surface area (TPSA) is 78.9 Å². The number of likely N-dealkylation sites (tertiary alicyclic amines) is 2. The number of aliphatic hydroxyl groups is 1. The zero-order valence-corrected chi connectivity index (χ0v) is 16.8. The summed E-state index contributed by atoms with van der Waals surface area (Å²) in [6.07, 6.45) is 1.13. The quantitative estimate of drug-likeness (QED) is 0.825. The van der Waals surface area contributed by atoms with Gasteiger partial charge in [0.05, 0.1) is 12.6 Å². The molecule has 0 aromatic carbocycles. The number of aliphatic hydroxyl groups excluding tert-OH is 1. The van der Waals surface area contributed by atoms with Gasteiger partial charge in [0.15, 0.2) is 5.22 Å². The smallest absolute Gasteiger partial charge is 0.263 e. The van der Waals surface area contributed by atoms with Gasteiger partial charge < -0.3 is 19.0 Å². The van der Waals surface area contributed by atoms with E-state index in [4.69, 9.17) is 16.0 Å². The third-order valence-corrected chi connectivity index (χ3v) is 6.57. The van der Waals surface area contributed by atoms with Crippen molar-refractivity contribution >= 4 is 17.5 Å². The molecule has 0 saturated carbocycles. The van der Waals surface area contributed by atoms with Crippen LogP contribution in [0.2, 0.25) is 5.22 Å². The highest BCUT2D eigenvalue weighted by atomic mass is 35.5. The molecule has 2 bridgehead atoms. The van der Waals surface area contributed by atoms with Crippen LogP contribution >= 0.6 is 11.6 Å². The largest absolute Gasteiger partial charge is 0.448 e. The number of hydrogen-bond donors (Lipinski definition) is 1. The molecule has 154 valence electrons. The summed E-state index contributed by atoms with van der Waals surface area (Å²) in [5, 5.41) is 10.1. The molecule has 7 nitrogen and oxygen atoms in total. The molecule has 29 heavy (non-hydrogen) atoms. The molecule has 2 aromatic heterocycles. The maximum absolute atomic E-state index is 13.1. The van der Waals surface area contributed by atoms with E-state index in [9.17, 15) is 14.7 Å². The minimum absolute atomic E-state index is 0.199. The van der Waals surface area contributed by atoms with E-state index in [-0.39, 0.29) is 22.9 Å². The first kappa shape index (κ1) is 18.9. The maximum atomic E-state index is 13.1. The third-order valence-electron chi connectivity index (χ3n) is 6.37. The molecule has 5 rings (SSSR count). The lowest BCUT2D eigenvalue weighted by atomic mass is 9.83. The minimum atomic E-state index is -0.492. The summed E-state index contributed by atoms with van der Waals surface area (Å²) in [5.74, 6) is 1.21. The van der Waals surface area contributed by atoms with E-state index in [2.05, 4.69) is 4.90 Å². The van der Waals surface area contributed by atoms with Crippen molar-refractivity contribution in [3.8, 4) is 0 Å². The first-order valence-electron chi connectivity index (χ1n) is 10.2. The Labute approximate surface area is 173 Å². The molecule has 3 atom stereocenters. The summed E-state index contributed by atoms with van der Waals surface area (Å²) in [6.45, 7) is 3.87. The highest BCUT2D eigenvalue weighted by molar-refractivity contribution is 6.28. The van der Waals surface area contributed by atoms with Crippen LogP contribution in [0.25, 0.3) is 0 Å². The van der Waals surface area contributed by atoms with Crippen LogP contribution in [0.3, 0.4) is 0 Å². The normalized spacial score (nSPS) is 26.6. The van der Waals surface area contributed by atoms with Gasteiger partial charge in [-0.3, -0.25) is 14.5 Å². The molecular formula is C21H24ClN3O4.